The molecule has 0 aliphatic carbocycles. The number of pyridine rings is 1. The van der Waals surface area contributed by atoms with Crippen molar-refractivity contribution in [2.45, 2.75) is 12.5 Å². The van der Waals surface area contributed by atoms with Crippen molar-refractivity contribution in [1.29, 1.82) is 0 Å². The second-order valence-electron chi connectivity index (χ2n) is 6.15. The van der Waals surface area contributed by atoms with E-state index in [1.165, 1.54) is 0 Å². The van der Waals surface area contributed by atoms with Crippen molar-refractivity contribution in [2.75, 3.05) is 38.2 Å². The summed E-state index contributed by atoms with van der Waals surface area (Å²) in [5.74, 6) is 0.869. The van der Waals surface area contributed by atoms with Gasteiger partial charge in [-0.2, -0.15) is 0 Å². The van der Waals surface area contributed by atoms with Crippen LogP contribution in [-0.2, 0) is 11.2 Å². The first-order chi connectivity index (χ1) is 12.2. The maximum atomic E-state index is 12.6. The molecule has 25 heavy (non-hydrogen) atoms. The fourth-order valence-corrected chi connectivity index (χ4v) is 3.15. The summed E-state index contributed by atoms with van der Waals surface area (Å²) in [5.41, 5.74) is 8.23. The zero-order chi connectivity index (χ0) is 17.6. The van der Waals surface area contributed by atoms with Gasteiger partial charge in [-0.1, -0.05) is 12.1 Å². The van der Waals surface area contributed by atoms with E-state index in [2.05, 4.69) is 9.88 Å². The second-order valence-corrected chi connectivity index (χ2v) is 6.15. The fourth-order valence-electron chi connectivity index (χ4n) is 3.15. The van der Waals surface area contributed by atoms with Gasteiger partial charge in [-0.3, -0.25) is 9.78 Å². The van der Waals surface area contributed by atoms with E-state index in [-0.39, 0.29) is 5.91 Å². The Bertz CT molecular complexity index is 700. The largest absolute Gasteiger partial charge is 0.495 e. The number of nitrogens with zero attached hydrogens (tertiary/aromatic N) is 3. The lowest BCUT2D eigenvalue weighted by Gasteiger charge is -2.37. The first-order valence-corrected chi connectivity index (χ1v) is 8.50. The number of piperazine rings is 1. The summed E-state index contributed by atoms with van der Waals surface area (Å²) in [6, 6.07) is 11.2. The molecule has 6 nitrogen and oxygen atoms in total. The molecular formula is C19H24N4O2. The molecule has 132 valence electrons. The van der Waals surface area contributed by atoms with Crippen LogP contribution in [0.15, 0.2) is 48.8 Å². The summed E-state index contributed by atoms with van der Waals surface area (Å²) >= 11 is 0. The van der Waals surface area contributed by atoms with Gasteiger partial charge < -0.3 is 20.3 Å². The standard InChI is InChI=1S/C19H24N4O2/c1-25-18-5-3-2-4-17(18)22-10-12-23(13-11-22)19(24)16(20)14-15-6-8-21-9-7-15/h2-9,16H,10-14,20H2,1H3/t16-/m1/s1. The Kier molecular flexibility index (Phi) is 5.50. The summed E-state index contributed by atoms with van der Waals surface area (Å²) in [5, 5.41) is 0. The minimum atomic E-state index is -0.514. The molecule has 6 heteroatoms. The van der Waals surface area contributed by atoms with Crippen molar-refractivity contribution in [2.24, 2.45) is 5.73 Å². The number of hydrogen-bond donors (Lipinski definition) is 1. The monoisotopic (exact) mass is 340 g/mol. The number of amides is 1. The zero-order valence-corrected chi connectivity index (χ0v) is 14.5. The van der Waals surface area contributed by atoms with Gasteiger partial charge in [0, 0.05) is 38.6 Å². The van der Waals surface area contributed by atoms with Gasteiger partial charge in [-0.05, 0) is 36.2 Å². The molecule has 1 saturated heterocycles. The van der Waals surface area contributed by atoms with Gasteiger partial charge in [0.2, 0.25) is 5.91 Å². The van der Waals surface area contributed by atoms with Crippen LogP contribution in [0.3, 0.4) is 0 Å². The van der Waals surface area contributed by atoms with Crippen molar-refractivity contribution >= 4 is 11.6 Å². The lowest BCUT2D eigenvalue weighted by atomic mass is 10.1. The molecule has 2 aromatic rings. The number of rotatable bonds is 5. The Morgan fingerprint density at radius 2 is 1.84 bits per heavy atom. The number of carbonyl (C=O) groups excluding carboxylic acids is 1. The molecule has 1 atom stereocenters. The maximum absolute atomic E-state index is 12.6. The van der Waals surface area contributed by atoms with Crippen LogP contribution in [0.2, 0.25) is 0 Å². The normalized spacial score (nSPS) is 15.8. The molecular weight excluding hydrogens is 316 g/mol. The number of ether oxygens (including phenoxy) is 1. The Balaban J connectivity index is 1.57. The second kappa shape index (κ2) is 7.98. The van der Waals surface area contributed by atoms with E-state index in [0.717, 1.165) is 30.1 Å². The number of para-hydroxylation sites is 2. The van der Waals surface area contributed by atoms with Gasteiger partial charge in [0.05, 0.1) is 18.8 Å². The van der Waals surface area contributed by atoms with Crippen molar-refractivity contribution in [3.63, 3.8) is 0 Å². The summed E-state index contributed by atoms with van der Waals surface area (Å²) in [4.78, 5) is 20.7. The van der Waals surface area contributed by atoms with Gasteiger partial charge in [-0.15, -0.1) is 0 Å². The van der Waals surface area contributed by atoms with Crippen LogP contribution in [0.4, 0.5) is 5.69 Å². The minimum Gasteiger partial charge on any atom is -0.495 e. The van der Waals surface area contributed by atoms with Crippen molar-refractivity contribution in [3.8, 4) is 5.75 Å². The molecule has 0 unspecified atom stereocenters. The van der Waals surface area contributed by atoms with Crippen molar-refractivity contribution in [3.05, 3.63) is 54.4 Å². The molecule has 2 N–H and O–H groups in total. The van der Waals surface area contributed by atoms with Crippen molar-refractivity contribution in [1.82, 2.24) is 9.88 Å². The van der Waals surface area contributed by atoms with E-state index >= 15 is 0 Å². The summed E-state index contributed by atoms with van der Waals surface area (Å²) in [6.07, 6.45) is 3.98. The number of carbonyl (C=O) groups is 1. The minimum absolute atomic E-state index is 0.0106. The number of benzene rings is 1. The van der Waals surface area contributed by atoms with E-state index in [4.69, 9.17) is 10.5 Å². The van der Waals surface area contributed by atoms with E-state index in [9.17, 15) is 4.79 Å². The molecule has 0 radical (unpaired) electrons. The molecule has 0 spiro atoms. The number of aromatic nitrogens is 1. The average Bonchev–Trinajstić information content (AvgIpc) is 2.68. The molecule has 1 aromatic heterocycles. The molecule has 0 bridgehead atoms. The molecule has 3 rings (SSSR count). The van der Waals surface area contributed by atoms with Crippen LogP contribution in [0.25, 0.3) is 0 Å². The maximum Gasteiger partial charge on any atom is 0.239 e. The highest BCUT2D eigenvalue weighted by Gasteiger charge is 2.26. The van der Waals surface area contributed by atoms with Gasteiger partial charge in [0.1, 0.15) is 5.75 Å². The van der Waals surface area contributed by atoms with Crippen LogP contribution in [0.5, 0.6) is 5.75 Å². The number of methoxy groups -OCH3 is 1. The zero-order valence-electron chi connectivity index (χ0n) is 14.5. The molecule has 1 amide bonds. The predicted octanol–water partition coefficient (Wildman–Crippen LogP) is 1.31. The van der Waals surface area contributed by atoms with Crippen LogP contribution in [0.1, 0.15) is 5.56 Å². The van der Waals surface area contributed by atoms with Gasteiger partial charge in [0.15, 0.2) is 0 Å². The lowest BCUT2D eigenvalue weighted by Crippen LogP contribution is -2.53. The first kappa shape index (κ1) is 17.2. The first-order valence-electron chi connectivity index (χ1n) is 8.50. The third-order valence-electron chi connectivity index (χ3n) is 4.54. The van der Waals surface area contributed by atoms with Gasteiger partial charge in [-0.25, -0.2) is 0 Å². The Hall–Kier alpha value is -2.60. The summed E-state index contributed by atoms with van der Waals surface area (Å²) in [6.45, 7) is 2.88. The van der Waals surface area contributed by atoms with Crippen molar-refractivity contribution < 1.29 is 9.53 Å². The highest BCUT2D eigenvalue weighted by molar-refractivity contribution is 5.82. The Morgan fingerprint density at radius 3 is 2.52 bits per heavy atom. The highest BCUT2D eigenvalue weighted by Crippen LogP contribution is 2.28. The molecule has 0 saturated carbocycles. The van der Waals surface area contributed by atoms with Crippen LogP contribution in [-0.4, -0.2) is 55.1 Å². The van der Waals surface area contributed by atoms with E-state index < -0.39 is 6.04 Å². The molecule has 1 fully saturated rings. The summed E-state index contributed by atoms with van der Waals surface area (Å²) < 4.78 is 5.43. The Labute approximate surface area is 148 Å². The number of anilines is 1. The van der Waals surface area contributed by atoms with Gasteiger partial charge >= 0.3 is 0 Å². The van der Waals surface area contributed by atoms with E-state index in [1.54, 1.807) is 19.5 Å². The smallest absolute Gasteiger partial charge is 0.239 e. The lowest BCUT2D eigenvalue weighted by molar-refractivity contribution is -0.132. The summed E-state index contributed by atoms with van der Waals surface area (Å²) in [7, 11) is 1.68. The van der Waals surface area contributed by atoms with Crippen LogP contribution in [0, 0.1) is 0 Å². The Morgan fingerprint density at radius 1 is 1.16 bits per heavy atom. The molecule has 2 heterocycles. The van der Waals surface area contributed by atoms with Crippen LogP contribution < -0.4 is 15.4 Å². The average molecular weight is 340 g/mol. The SMILES string of the molecule is COc1ccccc1N1CCN(C(=O)[C@H](N)Cc2ccncc2)CC1. The number of nitrogens with two attached hydrogens (primary N) is 1. The predicted molar refractivity (Wildman–Crippen MR) is 97.7 cm³/mol. The molecule has 1 aliphatic heterocycles. The molecule has 1 aliphatic rings. The highest BCUT2D eigenvalue weighted by atomic mass is 16.5. The van der Waals surface area contributed by atoms with E-state index in [1.807, 2.05) is 41.3 Å². The number of hydrogen-bond acceptors (Lipinski definition) is 5. The third kappa shape index (κ3) is 4.09. The topological polar surface area (TPSA) is 71.7 Å². The fraction of sp³-hybridized carbons (Fsp3) is 0.368. The third-order valence-corrected chi connectivity index (χ3v) is 4.54. The van der Waals surface area contributed by atoms with Gasteiger partial charge in [0.25, 0.3) is 0 Å². The van der Waals surface area contributed by atoms with Crippen LogP contribution >= 0.6 is 0 Å². The quantitative estimate of drug-likeness (QED) is 0.888. The van der Waals surface area contributed by atoms with E-state index in [0.29, 0.717) is 19.5 Å². The molecule has 1 aromatic carbocycles.